The molecule has 0 aliphatic carbocycles. The van der Waals surface area contributed by atoms with E-state index in [4.69, 9.17) is 5.73 Å². The first-order chi connectivity index (χ1) is 8.05. The van der Waals surface area contributed by atoms with Gasteiger partial charge in [0.1, 0.15) is 4.90 Å². The second-order valence-electron chi connectivity index (χ2n) is 4.35. The first-order valence-corrected chi connectivity index (χ1v) is 7.20. The number of aromatic nitrogens is 2. The van der Waals surface area contributed by atoms with Gasteiger partial charge in [-0.25, -0.2) is 8.42 Å². The highest BCUT2D eigenvalue weighted by atomic mass is 32.2. The molecule has 1 aliphatic heterocycles. The van der Waals surface area contributed by atoms with E-state index >= 15 is 0 Å². The molecule has 0 unspecified atom stereocenters. The van der Waals surface area contributed by atoms with Crippen LogP contribution in [-0.4, -0.2) is 41.6 Å². The third-order valence-corrected chi connectivity index (χ3v) is 5.04. The summed E-state index contributed by atoms with van der Waals surface area (Å²) in [6.07, 6.45) is 5.70. The molecular weight excluding hydrogens is 240 g/mol. The number of rotatable bonds is 3. The first-order valence-electron chi connectivity index (χ1n) is 5.76. The zero-order valence-electron chi connectivity index (χ0n) is 9.91. The van der Waals surface area contributed by atoms with Crippen molar-refractivity contribution in [3.8, 4) is 0 Å². The van der Waals surface area contributed by atoms with Crippen molar-refractivity contribution in [1.82, 2.24) is 14.1 Å². The van der Waals surface area contributed by atoms with Crippen LogP contribution < -0.4 is 5.73 Å². The number of piperidine rings is 1. The second kappa shape index (κ2) is 4.75. The van der Waals surface area contributed by atoms with Gasteiger partial charge in [-0.2, -0.15) is 9.40 Å². The Kier molecular flexibility index (Phi) is 3.50. The molecule has 2 rings (SSSR count). The van der Waals surface area contributed by atoms with Gasteiger partial charge in [-0.1, -0.05) is 6.42 Å². The van der Waals surface area contributed by atoms with E-state index in [0.717, 1.165) is 19.3 Å². The Hall–Kier alpha value is -0.920. The van der Waals surface area contributed by atoms with Crippen molar-refractivity contribution in [3.63, 3.8) is 0 Å². The molecule has 2 N–H and O–H groups in total. The SMILES string of the molecule is Cn1cc(S(=O)(=O)N2CCCC[C@H]2CN)cn1. The largest absolute Gasteiger partial charge is 0.329 e. The van der Waals surface area contributed by atoms with Gasteiger partial charge in [-0.3, -0.25) is 4.68 Å². The molecule has 0 saturated carbocycles. The lowest BCUT2D eigenvalue weighted by molar-refractivity contribution is 0.257. The molecule has 96 valence electrons. The van der Waals surface area contributed by atoms with Crippen molar-refractivity contribution < 1.29 is 8.42 Å². The minimum absolute atomic E-state index is 0.0750. The minimum atomic E-state index is -3.43. The number of hydrogen-bond acceptors (Lipinski definition) is 4. The molecule has 1 fully saturated rings. The van der Waals surface area contributed by atoms with Crippen LogP contribution in [0.3, 0.4) is 0 Å². The lowest BCUT2D eigenvalue weighted by atomic mass is 10.1. The smallest absolute Gasteiger partial charge is 0.246 e. The van der Waals surface area contributed by atoms with Crippen molar-refractivity contribution in [2.45, 2.75) is 30.2 Å². The monoisotopic (exact) mass is 258 g/mol. The van der Waals surface area contributed by atoms with E-state index in [-0.39, 0.29) is 10.9 Å². The molecule has 1 saturated heterocycles. The van der Waals surface area contributed by atoms with Crippen LogP contribution in [0.25, 0.3) is 0 Å². The Bertz CT molecular complexity index is 482. The summed E-state index contributed by atoms with van der Waals surface area (Å²) in [6.45, 7) is 0.929. The van der Waals surface area contributed by atoms with Gasteiger partial charge in [0, 0.05) is 32.4 Å². The number of aryl methyl sites for hydroxylation is 1. The van der Waals surface area contributed by atoms with Gasteiger partial charge < -0.3 is 5.73 Å². The lowest BCUT2D eigenvalue weighted by Crippen LogP contribution is -2.47. The molecule has 0 radical (unpaired) electrons. The van der Waals surface area contributed by atoms with Crippen LogP contribution >= 0.6 is 0 Å². The number of sulfonamides is 1. The molecule has 2 heterocycles. The third-order valence-electron chi connectivity index (χ3n) is 3.13. The number of nitrogens with two attached hydrogens (primary N) is 1. The number of nitrogens with zero attached hydrogens (tertiary/aromatic N) is 3. The molecule has 0 amide bonds. The minimum Gasteiger partial charge on any atom is -0.329 e. The number of hydrogen-bond donors (Lipinski definition) is 1. The summed E-state index contributed by atoms with van der Waals surface area (Å²) >= 11 is 0. The molecule has 1 aromatic heterocycles. The van der Waals surface area contributed by atoms with Crippen LogP contribution in [0.15, 0.2) is 17.3 Å². The summed E-state index contributed by atoms with van der Waals surface area (Å²) in [5.74, 6) is 0. The maximum absolute atomic E-state index is 12.4. The molecule has 7 heteroatoms. The van der Waals surface area contributed by atoms with Gasteiger partial charge in [0.2, 0.25) is 10.0 Å². The molecular formula is C10H18N4O2S. The zero-order valence-corrected chi connectivity index (χ0v) is 10.7. The Morgan fingerprint density at radius 1 is 1.53 bits per heavy atom. The summed E-state index contributed by atoms with van der Waals surface area (Å²) in [6, 6.07) is -0.0750. The third kappa shape index (κ3) is 2.36. The van der Waals surface area contributed by atoms with Crippen LogP contribution in [0.2, 0.25) is 0 Å². The van der Waals surface area contributed by atoms with Crippen molar-refractivity contribution in [2.75, 3.05) is 13.1 Å². The van der Waals surface area contributed by atoms with Crippen LogP contribution in [0.5, 0.6) is 0 Å². The summed E-state index contributed by atoms with van der Waals surface area (Å²) in [5.41, 5.74) is 5.65. The van der Waals surface area contributed by atoms with E-state index in [1.54, 1.807) is 7.05 Å². The maximum Gasteiger partial charge on any atom is 0.246 e. The van der Waals surface area contributed by atoms with Crippen molar-refractivity contribution >= 4 is 10.0 Å². The zero-order chi connectivity index (χ0) is 12.5. The van der Waals surface area contributed by atoms with Gasteiger partial charge >= 0.3 is 0 Å². The highest BCUT2D eigenvalue weighted by molar-refractivity contribution is 7.89. The van der Waals surface area contributed by atoms with E-state index in [9.17, 15) is 8.42 Å². The van der Waals surface area contributed by atoms with Crippen LogP contribution in [0.4, 0.5) is 0 Å². The normalized spacial score (nSPS) is 22.8. The summed E-state index contributed by atoms with van der Waals surface area (Å²) in [5, 5.41) is 3.91. The molecule has 1 aliphatic rings. The van der Waals surface area contributed by atoms with Gasteiger partial charge in [-0.15, -0.1) is 0 Å². The lowest BCUT2D eigenvalue weighted by Gasteiger charge is -2.33. The van der Waals surface area contributed by atoms with E-state index in [1.165, 1.54) is 21.4 Å². The molecule has 0 spiro atoms. The standard InChI is InChI=1S/C10H18N4O2S/c1-13-8-10(7-12-13)17(15,16)14-5-3-2-4-9(14)6-11/h7-9H,2-6,11H2,1H3/t9-/m0/s1. The quantitative estimate of drug-likeness (QED) is 0.822. The first kappa shape index (κ1) is 12.5. The highest BCUT2D eigenvalue weighted by Crippen LogP contribution is 2.24. The molecule has 6 nitrogen and oxygen atoms in total. The van der Waals surface area contributed by atoms with Gasteiger partial charge in [-0.05, 0) is 12.8 Å². The van der Waals surface area contributed by atoms with Crippen molar-refractivity contribution in [2.24, 2.45) is 12.8 Å². The molecule has 17 heavy (non-hydrogen) atoms. The summed E-state index contributed by atoms with van der Waals surface area (Å²) in [4.78, 5) is 0.250. The van der Waals surface area contributed by atoms with Crippen molar-refractivity contribution in [1.29, 1.82) is 0 Å². The van der Waals surface area contributed by atoms with E-state index < -0.39 is 10.0 Å². The molecule has 1 atom stereocenters. The van der Waals surface area contributed by atoms with E-state index in [2.05, 4.69) is 5.10 Å². The topological polar surface area (TPSA) is 81.2 Å². The van der Waals surface area contributed by atoms with Crippen molar-refractivity contribution in [3.05, 3.63) is 12.4 Å². The fourth-order valence-electron chi connectivity index (χ4n) is 2.19. The maximum atomic E-state index is 12.4. The fourth-order valence-corrected chi connectivity index (χ4v) is 3.88. The Morgan fingerprint density at radius 2 is 2.29 bits per heavy atom. The van der Waals surface area contributed by atoms with Gasteiger partial charge in [0.25, 0.3) is 0 Å². The molecule has 1 aromatic rings. The second-order valence-corrected chi connectivity index (χ2v) is 6.24. The van der Waals surface area contributed by atoms with E-state index in [0.29, 0.717) is 13.1 Å². The Balaban J connectivity index is 2.30. The Morgan fingerprint density at radius 3 is 2.88 bits per heavy atom. The predicted octanol–water partition coefficient (Wildman–Crippen LogP) is -0.0780. The molecule has 0 aromatic carbocycles. The van der Waals surface area contributed by atoms with Gasteiger partial charge in [0.15, 0.2) is 0 Å². The van der Waals surface area contributed by atoms with Crippen LogP contribution in [-0.2, 0) is 17.1 Å². The summed E-state index contributed by atoms with van der Waals surface area (Å²) < 4.78 is 27.8. The Labute approximate surface area is 101 Å². The highest BCUT2D eigenvalue weighted by Gasteiger charge is 2.33. The van der Waals surface area contributed by atoms with Gasteiger partial charge in [0.05, 0.1) is 6.20 Å². The average Bonchev–Trinajstić information content (AvgIpc) is 2.76. The van der Waals surface area contributed by atoms with Crippen LogP contribution in [0, 0.1) is 0 Å². The van der Waals surface area contributed by atoms with E-state index in [1.807, 2.05) is 0 Å². The fraction of sp³-hybridized carbons (Fsp3) is 0.700. The predicted molar refractivity (Wildman–Crippen MR) is 63.8 cm³/mol. The molecule has 0 bridgehead atoms. The van der Waals surface area contributed by atoms with Crippen LogP contribution in [0.1, 0.15) is 19.3 Å². The summed E-state index contributed by atoms with van der Waals surface area (Å²) in [7, 11) is -1.73. The average molecular weight is 258 g/mol.